The lowest BCUT2D eigenvalue weighted by molar-refractivity contribution is 0.0865. The summed E-state index contributed by atoms with van der Waals surface area (Å²) >= 11 is 0. The number of carbonyl (C=O) groups excluding carboxylic acids is 1. The van der Waals surface area contributed by atoms with Gasteiger partial charge in [-0.3, -0.25) is 14.7 Å². The standard InChI is InChI=1S/C25H22N2O4/c1-16-24-18(13-27(15-30-24)14-19-5-3-4-10-26-19)12-21-23(28)22(31-25(16)21)11-17-6-8-20(29-2)9-7-17/h3-12H,13-15H2,1-2H3/b22-11+. The fourth-order valence-corrected chi connectivity index (χ4v) is 3.97. The molecule has 31 heavy (non-hydrogen) atoms. The molecular weight excluding hydrogens is 392 g/mol. The third-order valence-electron chi connectivity index (χ3n) is 5.53. The summed E-state index contributed by atoms with van der Waals surface area (Å²) in [5.41, 5.74) is 4.28. The summed E-state index contributed by atoms with van der Waals surface area (Å²) in [5, 5.41) is 0. The van der Waals surface area contributed by atoms with Gasteiger partial charge in [-0.25, -0.2) is 0 Å². The van der Waals surface area contributed by atoms with E-state index >= 15 is 0 Å². The first-order chi connectivity index (χ1) is 15.1. The summed E-state index contributed by atoms with van der Waals surface area (Å²) in [6, 6.07) is 15.3. The van der Waals surface area contributed by atoms with Crippen LogP contribution < -0.4 is 14.2 Å². The monoisotopic (exact) mass is 414 g/mol. The number of rotatable bonds is 4. The Labute approximate surface area is 180 Å². The average Bonchev–Trinajstić information content (AvgIpc) is 3.11. The molecule has 0 unspecified atom stereocenters. The number of allylic oxidation sites excluding steroid dienone is 1. The molecule has 3 aromatic rings. The predicted molar refractivity (Wildman–Crippen MR) is 116 cm³/mol. The van der Waals surface area contributed by atoms with E-state index in [9.17, 15) is 4.79 Å². The molecule has 156 valence electrons. The third-order valence-corrected chi connectivity index (χ3v) is 5.53. The summed E-state index contributed by atoms with van der Waals surface area (Å²) in [5.74, 6) is 2.35. The van der Waals surface area contributed by atoms with Crippen LogP contribution >= 0.6 is 0 Å². The Hall–Kier alpha value is -3.64. The molecule has 6 nitrogen and oxygen atoms in total. The molecule has 0 saturated carbocycles. The fourth-order valence-electron chi connectivity index (χ4n) is 3.97. The van der Waals surface area contributed by atoms with Crippen LogP contribution in [0.4, 0.5) is 0 Å². The van der Waals surface area contributed by atoms with Crippen LogP contribution in [-0.2, 0) is 13.1 Å². The van der Waals surface area contributed by atoms with Crippen LogP contribution in [0, 0.1) is 6.92 Å². The van der Waals surface area contributed by atoms with E-state index in [0.717, 1.165) is 33.9 Å². The summed E-state index contributed by atoms with van der Waals surface area (Å²) in [6.45, 7) is 3.77. The van der Waals surface area contributed by atoms with Gasteiger partial charge in [0.05, 0.1) is 18.4 Å². The number of hydrogen-bond acceptors (Lipinski definition) is 6. The Morgan fingerprint density at radius 3 is 2.74 bits per heavy atom. The molecule has 0 N–H and O–H groups in total. The number of aromatic nitrogens is 1. The first-order valence-corrected chi connectivity index (χ1v) is 10.1. The number of ether oxygens (including phenoxy) is 3. The van der Waals surface area contributed by atoms with Gasteiger partial charge in [-0.2, -0.15) is 0 Å². The van der Waals surface area contributed by atoms with Crippen molar-refractivity contribution < 1.29 is 19.0 Å². The number of nitrogens with zero attached hydrogens (tertiary/aromatic N) is 2. The van der Waals surface area contributed by atoms with Gasteiger partial charge in [0.15, 0.2) is 5.76 Å². The smallest absolute Gasteiger partial charge is 0.231 e. The lowest BCUT2D eigenvalue weighted by Crippen LogP contribution is -2.32. The molecule has 1 aromatic heterocycles. The van der Waals surface area contributed by atoms with Gasteiger partial charge in [0.1, 0.15) is 24.0 Å². The molecule has 3 heterocycles. The topological polar surface area (TPSA) is 60.9 Å². The van der Waals surface area contributed by atoms with Crippen LogP contribution in [0.5, 0.6) is 17.2 Å². The van der Waals surface area contributed by atoms with Gasteiger partial charge in [0.2, 0.25) is 5.78 Å². The largest absolute Gasteiger partial charge is 0.497 e. The minimum Gasteiger partial charge on any atom is -0.497 e. The number of Topliss-reactive ketones (excluding diaryl/α,β-unsaturated/α-hetero) is 1. The van der Waals surface area contributed by atoms with Crippen molar-refractivity contribution in [2.45, 2.75) is 20.0 Å². The van der Waals surface area contributed by atoms with E-state index in [4.69, 9.17) is 14.2 Å². The Morgan fingerprint density at radius 1 is 1.16 bits per heavy atom. The van der Waals surface area contributed by atoms with Crippen LogP contribution in [0.25, 0.3) is 6.08 Å². The highest BCUT2D eigenvalue weighted by atomic mass is 16.5. The first-order valence-electron chi connectivity index (χ1n) is 10.1. The average molecular weight is 414 g/mol. The molecule has 0 bridgehead atoms. The van der Waals surface area contributed by atoms with Crippen LogP contribution in [-0.4, -0.2) is 29.5 Å². The second-order valence-corrected chi connectivity index (χ2v) is 7.66. The van der Waals surface area contributed by atoms with Gasteiger partial charge < -0.3 is 14.2 Å². The van der Waals surface area contributed by atoms with E-state index in [1.54, 1.807) is 19.4 Å². The van der Waals surface area contributed by atoms with E-state index in [2.05, 4.69) is 9.88 Å². The quantitative estimate of drug-likeness (QED) is 0.591. The molecular formula is C25H22N2O4. The lowest BCUT2D eigenvalue weighted by atomic mass is 10.00. The van der Waals surface area contributed by atoms with Gasteiger partial charge in [0.25, 0.3) is 0 Å². The Morgan fingerprint density at radius 2 is 2.00 bits per heavy atom. The molecule has 0 aliphatic carbocycles. The number of ketones is 1. The molecule has 0 fully saturated rings. The Bertz CT molecular complexity index is 1170. The maximum atomic E-state index is 13.1. The number of methoxy groups -OCH3 is 1. The first kappa shape index (κ1) is 19.3. The predicted octanol–water partition coefficient (Wildman–Crippen LogP) is 4.37. The van der Waals surface area contributed by atoms with Crippen molar-refractivity contribution >= 4 is 11.9 Å². The number of pyridine rings is 1. The minimum atomic E-state index is -0.112. The second kappa shape index (κ2) is 7.89. The molecule has 0 atom stereocenters. The number of fused-ring (bicyclic) bond motifs is 2. The van der Waals surface area contributed by atoms with Gasteiger partial charge in [-0.05, 0) is 48.9 Å². The molecule has 2 aliphatic rings. The van der Waals surface area contributed by atoms with E-state index in [1.165, 1.54) is 0 Å². The molecule has 5 rings (SSSR count). The molecule has 0 radical (unpaired) electrons. The van der Waals surface area contributed by atoms with Crippen molar-refractivity contribution in [3.63, 3.8) is 0 Å². The van der Waals surface area contributed by atoms with Crippen molar-refractivity contribution in [3.8, 4) is 17.2 Å². The minimum absolute atomic E-state index is 0.112. The van der Waals surface area contributed by atoms with E-state index < -0.39 is 0 Å². The maximum Gasteiger partial charge on any atom is 0.231 e. The van der Waals surface area contributed by atoms with E-state index in [0.29, 0.717) is 36.9 Å². The Balaban J connectivity index is 1.41. The lowest BCUT2D eigenvalue weighted by Gasteiger charge is -2.30. The molecule has 0 amide bonds. The summed E-state index contributed by atoms with van der Waals surface area (Å²) in [4.78, 5) is 19.6. The zero-order chi connectivity index (χ0) is 21.4. The van der Waals surface area contributed by atoms with E-state index in [1.807, 2.05) is 55.5 Å². The highest BCUT2D eigenvalue weighted by Crippen LogP contribution is 2.43. The van der Waals surface area contributed by atoms with Gasteiger partial charge in [-0.1, -0.05) is 18.2 Å². The van der Waals surface area contributed by atoms with Crippen LogP contribution in [0.1, 0.15) is 32.7 Å². The molecule has 0 saturated heterocycles. The number of carbonyl (C=O) groups is 1. The van der Waals surface area contributed by atoms with E-state index in [-0.39, 0.29) is 5.78 Å². The second-order valence-electron chi connectivity index (χ2n) is 7.66. The summed E-state index contributed by atoms with van der Waals surface area (Å²) < 4.78 is 17.2. The van der Waals surface area contributed by atoms with Gasteiger partial charge >= 0.3 is 0 Å². The summed E-state index contributed by atoms with van der Waals surface area (Å²) in [7, 11) is 1.62. The Kier molecular flexibility index (Phi) is 4.92. The number of benzene rings is 2. The van der Waals surface area contributed by atoms with Gasteiger partial charge in [-0.15, -0.1) is 0 Å². The molecule has 2 aliphatic heterocycles. The normalized spacial score (nSPS) is 16.5. The van der Waals surface area contributed by atoms with Gasteiger partial charge in [0, 0.05) is 30.4 Å². The van der Waals surface area contributed by atoms with Crippen molar-refractivity contribution in [2.75, 3.05) is 13.8 Å². The number of hydrogen-bond donors (Lipinski definition) is 0. The van der Waals surface area contributed by atoms with Crippen molar-refractivity contribution in [1.29, 1.82) is 0 Å². The molecule has 6 heteroatoms. The van der Waals surface area contributed by atoms with Crippen LogP contribution in [0.3, 0.4) is 0 Å². The van der Waals surface area contributed by atoms with Crippen LogP contribution in [0.15, 0.2) is 60.5 Å². The van der Waals surface area contributed by atoms with Crippen molar-refractivity contribution in [1.82, 2.24) is 9.88 Å². The highest BCUT2D eigenvalue weighted by Gasteiger charge is 2.33. The third kappa shape index (κ3) is 3.66. The van der Waals surface area contributed by atoms with Crippen LogP contribution in [0.2, 0.25) is 0 Å². The fraction of sp³-hybridized carbons (Fsp3) is 0.200. The zero-order valence-corrected chi connectivity index (χ0v) is 17.4. The van der Waals surface area contributed by atoms with Crippen molar-refractivity contribution in [2.24, 2.45) is 0 Å². The SMILES string of the molecule is COc1ccc(/C=C2/Oc3c(cc4c(c3C)OCN(Cc3ccccn3)C4)C2=O)cc1. The highest BCUT2D eigenvalue weighted by molar-refractivity contribution is 6.15. The van der Waals surface area contributed by atoms with Crippen molar-refractivity contribution in [3.05, 3.63) is 88.4 Å². The maximum absolute atomic E-state index is 13.1. The molecule has 2 aromatic carbocycles. The summed E-state index contributed by atoms with van der Waals surface area (Å²) in [6.07, 6.45) is 3.55. The molecule has 0 spiro atoms. The zero-order valence-electron chi connectivity index (χ0n) is 17.4.